The first-order chi connectivity index (χ1) is 9.00. The fraction of sp³-hybridized carbons (Fsp3) is 0.333. The molecule has 7 heteroatoms. The topological polar surface area (TPSA) is 37.4 Å². The Kier molecular flexibility index (Phi) is 3.47. The third-order valence-corrected chi connectivity index (χ3v) is 8.00. The Bertz CT molecular complexity index is 704. The molecule has 1 unspecified atom stereocenters. The van der Waals surface area contributed by atoms with Crippen LogP contribution in [0.1, 0.15) is 23.4 Å². The zero-order chi connectivity index (χ0) is 13.6. The van der Waals surface area contributed by atoms with Gasteiger partial charge in [0.2, 0.25) is 0 Å². The molecule has 0 saturated heterocycles. The van der Waals surface area contributed by atoms with Gasteiger partial charge in [0.25, 0.3) is 10.0 Å². The Balaban J connectivity index is 2.00. The van der Waals surface area contributed by atoms with Crippen LogP contribution in [0.5, 0.6) is 0 Å². The average molecular weight is 334 g/mol. The van der Waals surface area contributed by atoms with E-state index < -0.39 is 10.0 Å². The molecule has 0 spiro atoms. The van der Waals surface area contributed by atoms with Gasteiger partial charge in [-0.05, 0) is 42.5 Å². The Hall–Kier alpha value is -0.400. The molecule has 0 aliphatic carbocycles. The molecular weight excluding hydrogens is 322 g/mol. The van der Waals surface area contributed by atoms with Gasteiger partial charge in [-0.15, -0.1) is 22.7 Å². The molecule has 19 heavy (non-hydrogen) atoms. The smallest absolute Gasteiger partial charge is 0.206 e. The summed E-state index contributed by atoms with van der Waals surface area (Å²) in [5, 5.41) is 2.03. The second-order valence-electron chi connectivity index (χ2n) is 4.40. The Labute approximate surface area is 125 Å². The van der Waals surface area contributed by atoms with Crippen LogP contribution in [0.4, 0.5) is 0 Å². The molecule has 1 atom stereocenters. The van der Waals surface area contributed by atoms with Crippen molar-refractivity contribution in [2.24, 2.45) is 0 Å². The van der Waals surface area contributed by atoms with Crippen molar-refractivity contribution in [1.29, 1.82) is 0 Å². The van der Waals surface area contributed by atoms with Gasteiger partial charge >= 0.3 is 0 Å². The Morgan fingerprint density at radius 2 is 2.16 bits per heavy atom. The molecule has 0 bridgehead atoms. The van der Waals surface area contributed by atoms with Crippen molar-refractivity contribution in [3.8, 4) is 0 Å². The summed E-state index contributed by atoms with van der Waals surface area (Å²) in [6, 6.07) is 5.12. The van der Waals surface area contributed by atoms with Crippen molar-refractivity contribution < 1.29 is 8.42 Å². The fourth-order valence-corrected chi connectivity index (χ4v) is 6.55. The van der Waals surface area contributed by atoms with Gasteiger partial charge in [-0.3, -0.25) is 0 Å². The number of nitrogens with zero attached hydrogens (tertiary/aromatic N) is 1. The number of fused-ring (bicyclic) bond motifs is 1. The Morgan fingerprint density at radius 3 is 2.84 bits per heavy atom. The van der Waals surface area contributed by atoms with Gasteiger partial charge in [-0.25, -0.2) is 8.42 Å². The maximum absolute atomic E-state index is 12.6. The number of hydrogen-bond donors (Lipinski definition) is 0. The minimum Gasteiger partial charge on any atom is -0.206 e. The molecule has 0 saturated carbocycles. The normalized spacial score (nSPS) is 20.4. The van der Waals surface area contributed by atoms with Gasteiger partial charge in [0, 0.05) is 17.5 Å². The van der Waals surface area contributed by atoms with Gasteiger partial charge < -0.3 is 0 Å². The molecule has 0 N–H and O–H groups in total. The van der Waals surface area contributed by atoms with E-state index in [4.69, 9.17) is 11.6 Å². The van der Waals surface area contributed by atoms with Gasteiger partial charge in [0.1, 0.15) is 4.21 Å². The molecule has 1 aliphatic heterocycles. The van der Waals surface area contributed by atoms with E-state index in [1.54, 1.807) is 27.8 Å². The maximum atomic E-state index is 12.6. The van der Waals surface area contributed by atoms with Crippen LogP contribution in [0.25, 0.3) is 0 Å². The SMILES string of the molecule is CC1c2ccsc2CCN1S(=O)(=O)c1ccc(Cl)s1. The van der Waals surface area contributed by atoms with E-state index in [0.717, 1.165) is 23.3 Å². The van der Waals surface area contributed by atoms with Gasteiger partial charge in [-0.1, -0.05) is 11.6 Å². The van der Waals surface area contributed by atoms with E-state index in [1.807, 2.05) is 18.4 Å². The molecule has 3 nitrogen and oxygen atoms in total. The molecular formula is C12H12ClNO2S3. The van der Waals surface area contributed by atoms with Gasteiger partial charge in [0.15, 0.2) is 0 Å². The zero-order valence-electron chi connectivity index (χ0n) is 10.2. The lowest BCUT2D eigenvalue weighted by molar-refractivity contribution is 0.330. The molecule has 0 aromatic carbocycles. The van der Waals surface area contributed by atoms with E-state index in [-0.39, 0.29) is 6.04 Å². The molecule has 0 fully saturated rings. The van der Waals surface area contributed by atoms with Crippen molar-refractivity contribution in [3.05, 3.63) is 38.4 Å². The number of hydrogen-bond acceptors (Lipinski definition) is 4. The van der Waals surface area contributed by atoms with E-state index in [2.05, 4.69) is 0 Å². The molecule has 0 radical (unpaired) electrons. The second-order valence-corrected chi connectivity index (χ2v) is 9.23. The highest BCUT2D eigenvalue weighted by atomic mass is 35.5. The van der Waals surface area contributed by atoms with Crippen LogP contribution in [0.3, 0.4) is 0 Å². The standard InChI is InChI=1S/C12H12ClNO2S3/c1-8-9-5-7-17-10(9)4-6-14(8)19(15,16)12-3-2-11(13)18-12/h2-3,5,7-8H,4,6H2,1H3. The van der Waals surface area contributed by atoms with Crippen LogP contribution in [0.2, 0.25) is 4.34 Å². The number of halogens is 1. The van der Waals surface area contributed by atoms with Crippen LogP contribution < -0.4 is 0 Å². The van der Waals surface area contributed by atoms with Crippen molar-refractivity contribution in [2.75, 3.05) is 6.54 Å². The van der Waals surface area contributed by atoms with Crippen LogP contribution in [-0.2, 0) is 16.4 Å². The minimum atomic E-state index is -3.44. The summed E-state index contributed by atoms with van der Waals surface area (Å²) in [4.78, 5) is 1.29. The average Bonchev–Trinajstić information content (AvgIpc) is 2.97. The number of rotatable bonds is 2. The first-order valence-electron chi connectivity index (χ1n) is 5.83. The van der Waals surface area contributed by atoms with Gasteiger partial charge in [0.05, 0.1) is 4.34 Å². The highest BCUT2D eigenvalue weighted by Gasteiger charge is 2.35. The molecule has 102 valence electrons. The molecule has 2 aromatic rings. The van der Waals surface area contributed by atoms with Crippen molar-refractivity contribution in [2.45, 2.75) is 23.6 Å². The van der Waals surface area contributed by atoms with Crippen LogP contribution >= 0.6 is 34.3 Å². The van der Waals surface area contributed by atoms with Crippen molar-refractivity contribution >= 4 is 44.3 Å². The van der Waals surface area contributed by atoms with Gasteiger partial charge in [-0.2, -0.15) is 4.31 Å². The van der Waals surface area contributed by atoms with Crippen LogP contribution in [0.15, 0.2) is 27.8 Å². The summed E-state index contributed by atoms with van der Waals surface area (Å²) in [5.74, 6) is 0. The second kappa shape index (κ2) is 4.86. The fourth-order valence-electron chi connectivity index (χ4n) is 2.37. The van der Waals surface area contributed by atoms with E-state index in [9.17, 15) is 8.42 Å². The minimum absolute atomic E-state index is 0.110. The summed E-state index contributed by atoms with van der Waals surface area (Å²) in [7, 11) is -3.44. The summed E-state index contributed by atoms with van der Waals surface area (Å²) >= 11 is 8.66. The summed E-state index contributed by atoms with van der Waals surface area (Å²) < 4.78 is 27.6. The first kappa shape index (κ1) is 13.6. The molecule has 2 aromatic heterocycles. The summed E-state index contributed by atoms with van der Waals surface area (Å²) in [6.07, 6.45) is 0.787. The highest BCUT2D eigenvalue weighted by molar-refractivity contribution is 7.91. The first-order valence-corrected chi connectivity index (χ1v) is 9.35. The van der Waals surface area contributed by atoms with Crippen LogP contribution in [0, 0.1) is 0 Å². The molecule has 0 amide bonds. The van der Waals surface area contributed by atoms with E-state index >= 15 is 0 Å². The lowest BCUT2D eigenvalue weighted by Gasteiger charge is -2.32. The molecule has 1 aliphatic rings. The zero-order valence-corrected chi connectivity index (χ0v) is 13.4. The van der Waals surface area contributed by atoms with E-state index in [0.29, 0.717) is 15.1 Å². The highest BCUT2D eigenvalue weighted by Crippen LogP contribution is 2.38. The third-order valence-electron chi connectivity index (χ3n) is 3.33. The van der Waals surface area contributed by atoms with E-state index in [1.165, 1.54) is 4.88 Å². The summed E-state index contributed by atoms with van der Waals surface area (Å²) in [5.41, 5.74) is 1.13. The summed E-state index contributed by atoms with van der Waals surface area (Å²) in [6.45, 7) is 2.48. The largest absolute Gasteiger partial charge is 0.253 e. The van der Waals surface area contributed by atoms with Crippen LogP contribution in [-0.4, -0.2) is 19.3 Å². The molecule has 3 rings (SSSR count). The third kappa shape index (κ3) is 2.25. The quantitative estimate of drug-likeness (QED) is 0.839. The number of thiophene rings is 2. The predicted octanol–water partition coefficient (Wildman–Crippen LogP) is 3.77. The number of sulfonamides is 1. The molecule has 3 heterocycles. The van der Waals surface area contributed by atoms with Crippen molar-refractivity contribution in [1.82, 2.24) is 4.31 Å². The van der Waals surface area contributed by atoms with Crippen molar-refractivity contribution in [3.63, 3.8) is 0 Å². The monoisotopic (exact) mass is 333 g/mol. The maximum Gasteiger partial charge on any atom is 0.253 e. The predicted molar refractivity (Wildman–Crippen MR) is 79.7 cm³/mol. The lowest BCUT2D eigenvalue weighted by Crippen LogP contribution is -2.37. The Morgan fingerprint density at radius 1 is 1.37 bits per heavy atom. The lowest BCUT2D eigenvalue weighted by atomic mass is 10.0.